The lowest BCUT2D eigenvalue weighted by Gasteiger charge is -2.42. The summed E-state index contributed by atoms with van der Waals surface area (Å²) in [5.41, 5.74) is 0. The highest BCUT2D eigenvalue weighted by molar-refractivity contribution is 5.81. The highest BCUT2D eigenvalue weighted by Crippen LogP contribution is 2.21. The van der Waals surface area contributed by atoms with Gasteiger partial charge in [-0.15, -0.1) is 0 Å². The van der Waals surface area contributed by atoms with Crippen molar-refractivity contribution >= 4 is 5.91 Å². The first kappa shape index (κ1) is 11.9. The minimum atomic E-state index is -0.261. The highest BCUT2D eigenvalue weighted by Gasteiger charge is 2.35. The van der Waals surface area contributed by atoms with E-state index in [9.17, 15) is 4.79 Å². The predicted octanol–water partition coefficient (Wildman–Crippen LogP) is 0.716. The van der Waals surface area contributed by atoms with Crippen molar-refractivity contribution in [3.8, 4) is 0 Å². The Bertz CT molecular complexity index is 262. The van der Waals surface area contributed by atoms with Gasteiger partial charge in [-0.1, -0.05) is 0 Å². The second-order valence-electron chi connectivity index (χ2n) is 5.11. The van der Waals surface area contributed by atoms with Gasteiger partial charge in [-0.25, -0.2) is 0 Å². The number of morpholine rings is 1. The second-order valence-corrected chi connectivity index (χ2v) is 5.11. The summed E-state index contributed by atoms with van der Waals surface area (Å²) in [6.45, 7) is 6.86. The fraction of sp³-hybridized carbons (Fsp3) is 0.917. The molecule has 0 aromatic rings. The zero-order valence-corrected chi connectivity index (χ0v) is 10.5. The maximum Gasteiger partial charge on any atom is 0.251 e. The summed E-state index contributed by atoms with van der Waals surface area (Å²) in [7, 11) is 2.14. The molecule has 0 aliphatic carbocycles. The van der Waals surface area contributed by atoms with Crippen molar-refractivity contribution in [3.05, 3.63) is 0 Å². The largest absolute Gasteiger partial charge is 0.364 e. The predicted molar refractivity (Wildman–Crippen MR) is 62.2 cm³/mol. The van der Waals surface area contributed by atoms with Crippen LogP contribution in [-0.2, 0) is 9.53 Å². The monoisotopic (exact) mass is 226 g/mol. The average Bonchev–Trinajstić information content (AvgIpc) is 2.25. The van der Waals surface area contributed by atoms with E-state index < -0.39 is 0 Å². The van der Waals surface area contributed by atoms with Gasteiger partial charge in [0.25, 0.3) is 5.91 Å². The molecule has 0 N–H and O–H groups in total. The number of nitrogens with zero attached hydrogens (tertiary/aromatic N) is 2. The van der Waals surface area contributed by atoms with Gasteiger partial charge < -0.3 is 14.5 Å². The van der Waals surface area contributed by atoms with Crippen LogP contribution in [0.5, 0.6) is 0 Å². The van der Waals surface area contributed by atoms with E-state index in [1.54, 1.807) is 0 Å². The molecule has 0 aromatic carbocycles. The lowest BCUT2D eigenvalue weighted by molar-refractivity contribution is -0.163. The molecule has 2 saturated heterocycles. The smallest absolute Gasteiger partial charge is 0.251 e. The lowest BCUT2D eigenvalue weighted by Crippen LogP contribution is -2.56. The molecule has 2 aliphatic rings. The number of hydrogen-bond donors (Lipinski definition) is 0. The van der Waals surface area contributed by atoms with Gasteiger partial charge in [0.2, 0.25) is 0 Å². The summed E-state index contributed by atoms with van der Waals surface area (Å²) in [6, 6.07) is 0.428. The van der Waals surface area contributed by atoms with Crippen LogP contribution in [0.4, 0.5) is 0 Å². The summed E-state index contributed by atoms with van der Waals surface area (Å²) in [6.07, 6.45) is 2.11. The first-order chi connectivity index (χ1) is 7.58. The molecule has 2 fully saturated rings. The molecule has 2 heterocycles. The molecule has 4 nitrogen and oxygen atoms in total. The summed E-state index contributed by atoms with van der Waals surface area (Å²) < 4.78 is 5.54. The third kappa shape index (κ3) is 2.38. The Balaban J connectivity index is 1.99. The number of likely N-dealkylation sites (tertiary alicyclic amines) is 1. The van der Waals surface area contributed by atoms with Crippen LogP contribution in [0, 0.1) is 0 Å². The van der Waals surface area contributed by atoms with Crippen molar-refractivity contribution in [3.63, 3.8) is 0 Å². The molecule has 0 saturated carbocycles. The minimum Gasteiger partial charge on any atom is -0.364 e. The van der Waals surface area contributed by atoms with Crippen LogP contribution in [0.25, 0.3) is 0 Å². The molecule has 2 unspecified atom stereocenters. The quantitative estimate of drug-likeness (QED) is 0.660. The lowest BCUT2D eigenvalue weighted by atomic mass is 10.0. The van der Waals surface area contributed by atoms with Gasteiger partial charge >= 0.3 is 0 Å². The minimum absolute atomic E-state index is 0.173. The Hall–Kier alpha value is -0.610. The fourth-order valence-corrected chi connectivity index (χ4v) is 2.69. The number of carbonyl (C=O) groups excluding carboxylic acids is 1. The third-order valence-electron chi connectivity index (χ3n) is 3.65. The van der Waals surface area contributed by atoms with Crippen LogP contribution >= 0.6 is 0 Å². The Kier molecular flexibility index (Phi) is 3.50. The van der Waals surface area contributed by atoms with Crippen molar-refractivity contribution in [1.82, 2.24) is 9.80 Å². The molecule has 0 bridgehead atoms. The number of ether oxygens (including phenoxy) is 1. The van der Waals surface area contributed by atoms with Crippen molar-refractivity contribution in [2.45, 2.75) is 44.9 Å². The van der Waals surface area contributed by atoms with E-state index in [0.717, 1.165) is 32.5 Å². The zero-order valence-electron chi connectivity index (χ0n) is 10.5. The molecule has 0 spiro atoms. The molecule has 0 aromatic heterocycles. The number of amides is 1. The van der Waals surface area contributed by atoms with Crippen LogP contribution in [0.15, 0.2) is 0 Å². The van der Waals surface area contributed by atoms with Gasteiger partial charge in [-0.2, -0.15) is 0 Å². The van der Waals surface area contributed by atoms with E-state index in [1.165, 1.54) is 0 Å². The van der Waals surface area contributed by atoms with E-state index in [-0.39, 0.29) is 18.1 Å². The van der Waals surface area contributed by atoms with Crippen molar-refractivity contribution in [2.24, 2.45) is 0 Å². The molecule has 2 atom stereocenters. The van der Waals surface area contributed by atoms with Crippen LogP contribution in [0.1, 0.15) is 26.7 Å². The molecule has 92 valence electrons. The highest BCUT2D eigenvalue weighted by atomic mass is 16.5. The number of carbonyl (C=O) groups is 1. The molecule has 2 rings (SSSR count). The Labute approximate surface area is 97.5 Å². The Morgan fingerprint density at radius 1 is 1.25 bits per heavy atom. The fourth-order valence-electron chi connectivity index (χ4n) is 2.69. The van der Waals surface area contributed by atoms with Crippen LogP contribution in [0.3, 0.4) is 0 Å². The third-order valence-corrected chi connectivity index (χ3v) is 3.65. The average molecular weight is 226 g/mol. The molecular weight excluding hydrogens is 204 g/mol. The number of rotatable bonds is 1. The van der Waals surface area contributed by atoms with Crippen molar-refractivity contribution < 1.29 is 9.53 Å². The van der Waals surface area contributed by atoms with E-state index >= 15 is 0 Å². The summed E-state index contributed by atoms with van der Waals surface area (Å²) >= 11 is 0. The standard InChI is InChI=1S/C12H22N2O2/c1-9-8-14(12(15)10(2)16-9)11-4-6-13(3)7-5-11/h9-11H,4-8H2,1-3H3. The van der Waals surface area contributed by atoms with Crippen LogP contribution in [-0.4, -0.2) is 60.6 Å². The van der Waals surface area contributed by atoms with Gasteiger partial charge in [0.15, 0.2) is 0 Å². The van der Waals surface area contributed by atoms with Gasteiger partial charge in [-0.05, 0) is 46.8 Å². The second kappa shape index (κ2) is 4.72. The summed E-state index contributed by atoms with van der Waals surface area (Å²) in [5.74, 6) is 0.174. The first-order valence-corrected chi connectivity index (χ1v) is 6.22. The van der Waals surface area contributed by atoms with E-state index in [1.807, 2.05) is 18.7 Å². The zero-order chi connectivity index (χ0) is 11.7. The van der Waals surface area contributed by atoms with Gasteiger partial charge in [0.1, 0.15) is 6.10 Å². The van der Waals surface area contributed by atoms with Crippen molar-refractivity contribution in [1.29, 1.82) is 0 Å². The van der Waals surface area contributed by atoms with Gasteiger partial charge in [0.05, 0.1) is 6.10 Å². The van der Waals surface area contributed by atoms with E-state index in [4.69, 9.17) is 4.74 Å². The SMILES string of the molecule is CC1CN(C2CCN(C)CC2)C(=O)C(C)O1. The topological polar surface area (TPSA) is 32.8 Å². The van der Waals surface area contributed by atoms with Crippen LogP contribution in [0.2, 0.25) is 0 Å². The Morgan fingerprint density at radius 2 is 1.88 bits per heavy atom. The van der Waals surface area contributed by atoms with E-state index in [0.29, 0.717) is 6.04 Å². The van der Waals surface area contributed by atoms with Crippen LogP contribution < -0.4 is 0 Å². The molecule has 4 heteroatoms. The Morgan fingerprint density at radius 3 is 2.50 bits per heavy atom. The number of piperidine rings is 1. The number of hydrogen-bond acceptors (Lipinski definition) is 3. The van der Waals surface area contributed by atoms with Crippen molar-refractivity contribution in [2.75, 3.05) is 26.7 Å². The molecule has 0 radical (unpaired) electrons. The first-order valence-electron chi connectivity index (χ1n) is 6.22. The molecule has 16 heavy (non-hydrogen) atoms. The summed E-state index contributed by atoms with van der Waals surface area (Å²) in [4.78, 5) is 16.4. The maximum absolute atomic E-state index is 12.0. The van der Waals surface area contributed by atoms with E-state index in [2.05, 4.69) is 11.9 Å². The molecule has 1 amide bonds. The van der Waals surface area contributed by atoms with Gasteiger partial charge in [-0.3, -0.25) is 4.79 Å². The molecule has 2 aliphatic heterocycles. The summed E-state index contributed by atoms with van der Waals surface area (Å²) in [5, 5.41) is 0. The maximum atomic E-state index is 12.0. The molecular formula is C12H22N2O2. The van der Waals surface area contributed by atoms with Gasteiger partial charge in [0, 0.05) is 12.6 Å². The normalized spacial score (nSPS) is 34.4.